The van der Waals surface area contributed by atoms with Crippen LogP contribution in [0.15, 0.2) is 0 Å². The van der Waals surface area contributed by atoms with Gasteiger partial charge < -0.3 is 0 Å². The van der Waals surface area contributed by atoms with Crippen LogP contribution >= 0.6 is 0 Å². The Morgan fingerprint density at radius 3 is 2.22 bits per heavy atom. The molecule has 9 heavy (non-hydrogen) atoms. The van der Waals surface area contributed by atoms with Gasteiger partial charge in [-0.1, -0.05) is 40.0 Å². The molecule has 1 radical (unpaired) electrons. The third-order valence-electron chi connectivity index (χ3n) is 2.11. The van der Waals surface area contributed by atoms with Gasteiger partial charge in [-0.15, -0.1) is 0 Å². The van der Waals surface area contributed by atoms with Crippen LogP contribution in [0.2, 0.25) is 0 Å². The minimum atomic E-state index is 0.681. The minimum Gasteiger partial charge on any atom is -0.0654 e. The molecule has 0 aromatic rings. The zero-order valence-electron chi connectivity index (χ0n) is 6.98. The Hall–Kier alpha value is 0. The minimum absolute atomic E-state index is 0.681. The van der Waals surface area contributed by atoms with E-state index in [1.54, 1.807) is 0 Å². The van der Waals surface area contributed by atoms with E-state index in [0.29, 0.717) is 5.92 Å². The lowest BCUT2D eigenvalue weighted by atomic mass is 9.90. The van der Waals surface area contributed by atoms with Crippen LogP contribution in [0.5, 0.6) is 0 Å². The average molecular weight is 127 g/mol. The molecule has 0 aromatic carbocycles. The van der Waals surface area contributed by atoms with Gasteiger partial charge in [0.1, 0.15) is 0 Å². The Morgan fingerprint density at radius 2 is 1.89 bits per heavy atom. The third kappa shape index (κ3) is 3.56. The molecule has 2 unspecified atom stereocenters. The van der Waals surface area contributed by atoms with Gasteiger partial charge in [-0.3, -0.25) is 0 Å². The summed E-state index contributed by atoms with van der Waals surface area (Å²) in [7, 11) is 0. The molecule has 0 bridgehead atoms. The number of rotatable bonds is 4. The summed E-state index contributed by atoms with van der Waals surface area (Å²) in [6, 6.07) is 0. The normalized spacial score (nSPS) is 17.3. The predicted molar refractivity (Wildman–Crippen MR) is 43.2 cm³/mol. The van der Waals surface area contributed by atoms with Crippen molar-refractivity contribution < 1.29 is 0 Å². The third-order valence-corrected chi connectivity index (χ3v) is 2.11. The lowest BCUT2D eigenvalue weighted by Crippen LogP contribution is -2.05. The van der Waals surface area contributed by atoms with Gasteiger partial charge in [0.2, 0.25) is 0 Å². The summed E-state index contributed by atoms with van der Waals surface area (Å²) in [6.07, 6.45) is 3.84. The highest BCUT2D eigenvalue weighted by atomic mass is 14.1. The molecule has 0 aliphatic rings. The summed E-state index contributed by atoms with van der Waals surface area (Å²) in [6.45, 7) is 10.8. The predicted octanol–water partition coefficient (Wildman–Crippen LogP) is 3.28. The van der Waals surface area contributed by atoms with Crippen molar-refractivity contribution in [1.29, 1.82) is 0 Å². The first kappa shape index (κ1) is 9.00. The second-order valence-corrected chi connectivity index (χ2v) is 2.93. The fourth-order valence-electron chi connectivity index (χ4n) is 0.989. The zero-order chi connectivity index (χ0) is 7.28. The molecule has 0 nitrogen and oxygen atoms in total. The molecule has 0 amide bonds. The molecule has 0 heterocycles. The van der Waals surface area contributed by atoms with Crippen LogP contribution in [0.3, 0.4) is 0 Å². The first-order chi connectivity index (χ1) is 4.22. The molecule has 0 aromatic heterocycles. The average Bonchev–Trinajstić information content (AvgIpc) is 1.87. The number of hydrogen-bond acceptors (Lipinski definition) is 0. The van der Waals surface area contributed by atoms with Crippen LogP contribution in [-0.2, 0) is 0 Å². The maximum Gasteiger partial charge on any atom is -0.0389 e. The molecule has 0 fully saturated rings. The SMILES string of the molecule is [CH2]C(CCC)C(C)CC. The van der Waals surface area contributed by atoms with Crippen LogP contribution in [-0.4, -0.2) is 0 Å². The van der Waals surface area contributed by atoms with Gasteiger partial charge in [0.25, 0.3) is 0 Å². The zero-order valence-corrected chi connectivity index (χ0v) is 6.98. The fourth-order valence-corrected chi connectivity index (χ4v) is 0.989. The molecular formula is C9H19. The van der Waals surface area contributed by atoms with E-state index in [1.807, 2.05) is 0 Å². The van der Waals surface area contributed by atoms with E-state index in [0.717, 1.165) is 5.92 Å². The van der Waals surface area contributed by atoms with Crippen LogP contribution < -0.4 is 0 Å². The molecule has 0 N–H and O–H groups in total. The molecule has 0 spiro atoms. The summed E-state index contributed by atoms with van der Waals surface area (Å²) in [5, 5.41) is 0. The van der Waals surface area contributed by atoms with Gasteiger partial charge in [0, 0.05) is 0 Å². The maximum atomic E-state index is 4.10. The van der Waals surface area contributed by atoms with Crippen molar-refractivity contribution in [3.05, 3.63) is 6.92 Å². The maximum absolute atomic E-state index is 4.10. The molecule has 2 atom stereocenters. The Labute approximate surface area is 59.7 Å². The highest BCUT2D eigenvalue weighted by molar-refractivity contribution is 4.66. The highest BCUT2D eigenvalue weighted by Gasteiger charge is 2.07. The summed E-state index contributed by atoms with van der Waals surface area (Å²) >= 11 is 0. The second kappa shape index (κ2) is 4.84. The molecule has 0 aliphatic carbocycles. The van der Waals surface area contributed by atoms with Crippen molar-refractivity contribution in [2.45, 2.75) is 40.0 Å². The summed E-state index contributed by atoms with van der Waals surface area (Å²) < 4.78 is 0. The Bertz CT molecular complexity index is 57.1. The lowest BCUT2D eigenvalue weighted by molar-refractivity contribution is 0.387. The molecule has 0 saturated heterocycles. The van der Waals surface area contributed by atoms with Gasteiger partial charge in [0.05, 0.1) is 0 Å². The standard InChI is InChI=1S/C9H19/c1-5-7-9(4)8(3)6-2/h8-9H,4-7H2,1-3H3. The second-order valence-electron chi connectivity index (χ2n) is 2.93. The summed E-state index contributed by atoms with van der Waals surface area (Å²) in [4.78, 5) is 0. The smallest absolute Gasteiger partial charge is 0.0389 e. The first-order valence-corrected chi connectivity index (χ1v) is 4.05. The van der Waals surface area contributed by atoms with E-state index in [4.69, 9.17) is 0 Å². The first-order valence-electron chi connectivity index (χ1n) is 4.05. The van der Waals surface area contributed by atoms with Gasteiger partial charge in [-0.25, -0.2) is 0 Å². The Morgan fingerprint density at radius 1 is 1.33 bits per heavy atom. The van der Waals surface area contributed by atoms with Crippen molar-refractivity contribution in [3.8, 4) is 0 Å². The Balaban J connectivity index is 3.32. The van der Waals surface area contributed by atoms with Crippen molar-refractivity contribution in [1.82, 2.24) is 0 Å². The number of hydrogen-bond donors (Lipinski definition) is 0. The largest absolute Gasteiger partial charge is 0.0654 e. The van der Waals surface area contributed by atoms with E-state index in [2.05, 4.69) is 27.7 Å². The lowest BCUT2D eigenvalue weighted by Gasteiger charge is -2.16. The van der Waals surface area contributed by atoms with Gasteiger partial charge >= 0.3 is 0 Å². The molecule has 0 saturated carbocycles. The van der Waals surface area contributed by atoms with E-state index >= 15 is 0 Å². The quantitative estimate of drug-likeness (QED) is 0.543. The fraction of sp³-hybridized carbons (Fsp3) is 0.889. The molecular weight excluding hydrogens is 108 g/mol. The van der Waals surface area contributed by atoms with E-state index < -0.39 is 0 Å². The van der Waals surface area contributed by atoms with Crippen molar-refractivity contribution in [3.63, 3.8) is 0 Å². The van der Waals surface area contributed by atoms with Crippen LogP contribution in [0, 0.1) is 18.8 Å². The Kier molecular flexibility index (Phi) is 4.84. The summed E-state index contributed by atoms with van der Waals surface area (Å²) in [5.41, 5.74) is 0. The van der Waals surface area contributed by atoms with E-state index in [-0.39, 0.29) is 0 Å². The van der Waals surface area contributed by atoms with Gasteiger partial charge in [-0.05, 0) is 18.8 Å². The van der Waals surface area contributed by atoms with Crippen LogP contribution in [0.1, 0.15) is 40.0 Å². The van der Waals surface area contributed by atoms with Crippen LogP contribution in [0.4, 0.5) is 0 Å². The van der Waals surface area contributed by atoms with E-state index in [1.165, 1.54) is 19.3 Å². The van der Waals surface area contributed by atoms with Crippen LogP contribution in [0.25, 0.3) is 0 Å². The van der Waals surface area contributed by atoms with E-state index in [9.17, 15) is 0 Å². The van der Waals surface area contributed by atoms with Crippen molar-refractivity contribution in [2.75, 3.05) is 0 Å². The molecule has 55 valence electrons. The van der Waals surface area contributed by atoms with Gasteiger partial charge in [0.15, 0.2) is 0 Å². The van der Waals surface area contributed by atoms with Gasteiger partial charge in [-0.2, -0.15) is 0 Å². The molecule has 0 rings (SSSR count). The van der Waals surface area contributed by atoms with Crippen molar-refractivity contribution >= 4 is 0 Å². The highest BCUT2D eigenvalue weighted by Crippen LogP contribution is 2.18. The monoisotopic (exact) mass is 127 g/mol. The topological polar surface area (TPSA) is 0 Å². The summed E-state index contributed by atoms with van der Waals surface area (Å²) in [5.74, 6) is 1.49. The van der Waals surface area contributed by atoms with Crippen molar-refractivity contribution in [2.24, 2.45) is 11.8 Å². The molecule has 0 heteroatoms. The molecule has 0 aliphatic heterocycles.